The quantitative estimate of drug-likeness (QED) is 0.857. The van der Waals surface area contributed by atoms with Gasteiger partial charge in [0, 0.05) is 13.0 Å². The molecule has 0 saturated carbocycles. The maximum Gasteiger partial charge on any atom is 0.303 e. The van der Waals surface area contributed by atoms with Gasteiger partial charge in [-0.2, -0.15) is 0 Å². The van der Waals surface area contributed by atoms with Gasteiger partial charge in [0.1, 0.15) is 0 Å². The zero-order valence-electron chi connectivity index (χ0n) is 12.0. The van der Waals surface area contributed by atoms with E-state index < -0.39 is 5.97 Å². The summed E-state index contributed by atoms with van der Waals surface area (Å²) in [7, 11) is 0. The van der Waals surface area contributed by atoms with Crippen LogP contribution < -0.4 is 5.32 Å². The van der Waals surface area contributed by atoms with Gasteiger partial charge in [-0.3, -0.25) is 9.59 Å². The van der Waals surface area contributed by atoms with Gasteiger partial charge in [-0.05, 0) is 22.3 Å². The van der Waals surface area contributed by atoms with Gasteiger partial charge in [-0.25, -0.2) is 0 Å². The van der Waals surface area contributed by atoms with Crippen LogP contribution in [0.25, 0.3) is 10.8 Å². The van der Waals surface area contributed by atoms with E-state index in [1.807, 2.05) is 49.4 Å². The Kier molecular flexibility index (Phi) is 4.93. The largest absolute Gasteiger partial charge is 0.481 e. The van der Waals surface area contributed by atoms with Crippen LogP contribution in [0.4, 0.5) is 0 Å². The van der Waals surface area contributed by atoms with E-state index in [1.165, 1.54) is 0 Å². The van der Waals surface area contributed by atoms with Crippen LogP contribution in [0.1, 0.15) is 18.9 Å². The van der Waals surface area contributed by atoms with Crippen LogP contribution in [-0.2, 0) is 16.0 Å². The molecule has 0 aliphatic carbocycles. The molecule has 21 heavy (non-hydrogen) atoms. The van der Waals surface area contributed by atoms with E-state index in [4.69, 9.17) is 5.11 Å². The molecule has 1 atom stereocenters. The summed E-state index contributed by atoms with van der Waals surface area (Å²) in [5.74, 6) is -0.992. The molecule has 4 nitrogen and oxygen atoms in total. The molecule has 4 heteroatoms. The number of amides is 1. The van der Waals surface area contributed by atoms with Gasteiger partial charge in [0.25, 0.3) is 0 Å². The molecule has 2 rings (SSSR count). The molecule has 110 valence electrons. The Morgan fingerprint density at radius 1 is 1.14 bits per heavy atom. The number of rotatable bonds is 6. The predicted octanol–water partition coefficient (Wildman–Crippen LogP) is 2.61. The second-order valence-corrected chi connectivity index (χ2v) is 5.32. The van der Waals surface area contributed by atoms with Gasteiger partial charge in [0.05, 0.1) is 6.42 Å². The molecule has 0 spiro atoms. The highest BCUT2D eigenvalue weighted by Crippen LogP contribution is 2.18. The van der Waals surface area contributed by atoms with Gasteiger partial charge in [-0.15, -0.1) is 0 Å². The van der Waals surface area contributed by atoms with Crippen molar-refractivity contribution in [3.8, 4) is 0 Å². The van der Waals surface area contributed by atoms with Gasteiger partial charge < -0.3 is 10.4 Å². The second kappa shape index (κ2) is 6.88. The highest BCUT2D eigenvalue weighted by molar-refractivity contribution is 5.90. The topological polar surface area (TPSA) is 66.4 Å². The van der Waals surface area contributed by atoms with Crippen molar-refractivity contribution in [2.45, 2.75) is 19.8 Å². The van der Waals surface area contributed by atoms with E-state index in [0.717, 1.165) is 16.3 Å². The van der Waals surface area contributed by atoms with Crippen molar-refractivity contribution in [3.05, 3.63) is 48.0 Å². The van der Waals surface area contributed by atoms with E-state index in [2.05, 4.69) is 5.32 Å². The Morgan fingerprint density at radius 3 is 2.62 bits per heavy atom. The number of aliphatic carboxylic acids is 1. The van der Waals surface area contributed by atoms with E-state index in [0.29, 0.717) is 13.0 Å². The van der Waals surface area contributed by atoms with Crippen molar-refractivity contribution in [3.63, 3.8) is 0 Å². The molecule has 0 aliphatic heterocycles. The number of fused-ring (bicyclic) bond motifs is 1. The molecular formula is C17H19NO3. The van der Waals surface area contributed by atoms with Crippen LogP contribution in [0.3, 0.4) is 0 Å². The SMILES string of the molecule is CC(CNC(=O)Cc1cccc2ccccc12)CC(=O)O. The summed E-state index contributed by atoms with van der Waals surface area (Å²) in [5, 5.41) is 13.7. The van der Waals surface area contributed by atoms with Crippen LogP contribution in [0.5, 0.6) is 0 Å². The van der Waals surface area contributed by atoms with Crippen molar-refractivity contribution < 1.29 is 14.7 Å². The Hall–Kier alpha value is -2.36. The third-order valence-electron chi connectivity index (χ3n) is 3.40. The first kappa shape index (κ1) is 15.0. The van der Waals surface area contributed by atoms with Crippen molar-refractivity contribution in [1.29, 1.82) is 0 Å². The summed E-state index contributed by atoms with van der Waals surface area (Å²) in [5.41, 5.74) is 0.983. The average molecular weight is 285 g/mol. The van der Waals surface area contributed by atoms with Gasteiger partial charge >= 0.3 is 5.97 Å². The van der Waals surface area contributed by atoms with Gasteiger partial charge in [0.2, 0.25) is 5.91 Å². The Balaban J connectivity index is 1.97. The average Bonchev–Trinajstić information content (AvgIpc) is 2.45. The molecule has 1 unspecified atom stereocenters. The maximum absolute atomic E-state index is 12.0. The fourth-order valence-electron chi connectivity index (χ4n) is 2.34. The minimum atomic E-state index is -0.842. The lowest BCUT2D eigenvalue weighted by Crippen LogP contribution is -2.30. The number of carbonyl (C=O) groups is 2. The van der Waals surface area contributed by atoms with Crippen molar-refractivity contribution >= 4 is 22.6 Å². The molecule has 0 aromatic heterocycles. The van der Waals surface area contributed by atoms with Crippen LogP contribution in [-0.4, -0.2) is 23.5 Å². The molecule has 2 N–H and O–H groups in total. The first-order valence-corrected chi connectivity index (χ1v) is 7.01. The molecule has 0 saturated heterocycles. The van der Waals surface area contributed by atoms with Crippen LogP contribution in [0.2, 0.25) is 0 Å². The monoisotopic (exact) mass is 285 g/mol. The summed E-state index contributed by atoms with van der Waals surface area (Å²) < 4.78 is 0. The Morgan fingerprint density at radius 2 is 1.86 bits per heavy atom. The number of nitrogens with one attached hydrogen (secondary N) is 1. The fraction of sp³-hybridized carbons (Fsp3) is 0.294. The fourth-order valence-corrected chi connectivity index (χ4v) is 2.34. The van der Waals surface area contributed by atoms with E-state index >= 15 is 0 Å². The molecule has 0 heterocycles. The van der Waals surface area contributed by atoms with Gasteiger partial charge in [0.15, 0.2) is 0 Å². The van der Waals surface area contributed by atoms with Gasteiger partial charge in [-0.1, -0.05) is 49.4 Å². The zero-order chi connectivity index (χ0) is 15.2. The molecular weight excluding hydrogens is 266 g/mol. The van der Waals surface area contributed by atoms with Crippen LogP contribution in [0, 0.1) is 5.92 Å². The van der Waals surface area contributed by atoms with Crippen molar-refractivity contribution in [2.75, 3.05) is 6.54 Å². The molecule has 2 aromatic carbocycles. The summed E-state index contributed by atoms with van der Waals surface area (Å²) in [6.07, 6.45) is 0.371. The number of hydrogen-bond acceptors (Lipinski definition) is 2. The molecule has 0 radical (unpaired) electrons. The summed E-state index contributed by atoms with van der Waals surface area (Å²) in [4.78, 5) is 22.6. The summed E-state index contributed by atoms with van der Waals surface area (Å²) >= 11 is 0. The third kappa shape index (κ3) is 4.31. The molecule has 0 fully saturated rings. The molecule has 0 aliphatic rings. The molecule has 0 bridgehead atoms. The highest BCUT2D eigenvalue weighted by Gasteiger charge is 2.10. The van der Waals surface area contributed by atoms with E-state index in [-0.39, 0.29) is 18.2 Å². The first-order valence-electron chi connectivity index (χ1n) is 7.01. The zero-order valence-corrected chi connectivity index (χ0v) is 12.0. The van der Waals surface area contributed by atoms with Crippen molar-refractivity contribution in [2.24, 2.45) is 5.92 Å². The highest BCUT2D eigenvalue weighted by atomic mass is 16.4. The lowest BCUT2D eigenvalue weighted by Gasteiger charge is -2.11. The van der Waals surface area contributed by atoms with E-state index in [9.17, 15) is 9.59 Å². The Bertz CT molecular complexity index is 646. The number of hydrogen-bond donors (Lipinski definition) is 2. The van der Waals surface area contributed by atoms with Crippen LogP contribution >= 0.6 is 0 Å². The van der Waals surface area contributed by atoms with Crippen LogP contribution in [0.15, 0.2) is 42.5 Å². The second-order valence-electron chi connectivity index (χ2n) is 5.32. The summed E-state index contributed by atoms with van der Waals surface area (Å²) in [6.45, 7) is 2.20. The standard InChI is InChI=1S/C17H19NO3/c1-12(9-17(20)21)11-18-16(19)10-14-7-4-6-13-5-2-3-8-15(13)14/h2-8,12H,9-11H2,1H3,(H,18,19)(H,20,21). The predicted molar refractivity (Wildman–Crippen MR) is 82.1 cm³/mol. The number of carboxylic acids is 1. The minimum Gasteiger partial charge on any atom is -0.481 e. The third-order valence-corrected chi connectivity index (χ3v) is 3.40. The number of benzene rings is 2. The summed E-state index contributed by atoms with van der Waals surface area (Å²) in [6, 6.07) is 13.9. The number of carboxylic acid groups (broad SMARTS) is 1. The van der Waals surface area contributed by atoms with E-state index in [1.54, 1.807) is 0 Å². The first-order chi connectivity index (χ1) is 10.1. The molecule has 1 amide bonds. The normalized spacial score (nSPS) is 12.0. The molecule has 2 aromatic rings. The lowest BCUT2D eigenvalue weighted by atomic mass is 10.0. The smallest absolute Gasteiger partial charge is 0.303 e. The lowest BCUT2D eigenvalue weighted by molar-refractivity contribution is -0.138. The Labute approximate surface area is 123 Å². The van der Waals surface area contributed by atoms with Crippen molar-refractivity contribution in [1.82, 2.24) is 5.32 Å². The minimum absolute atomic E-state index is 0.0640. The number of carbonyl (C=O) groups excluding carboxylic acids is 1. The maximum atomic E-state index is 12.0.